The summed E-state index contributed by atoms with van der Waals surface area (Å²) in [6, 6.07) is 16.8. The van der Waals surface area contributed by atoms with Crippen LogP contribution in [-0.2, 0) is 32.1 Å². The van der Waals surface area contributed by atoms with Crippen LogP contribution in [-0.4, -0.2) is 41.8 Å². The summed E-state index contributed by atoms with van der Waals surface area (Å²) in [4.78, 5) is 37.4. The van der Waals surface area contributed by atoms with Gasteiger partial charge in [0.25, 0.3) is 0 Å². The van der Waals surface area contributed by atoms with Gasteiger partial charge in [-0.05, 0) is 31.9 Å². The van der Waals surface area contributed by atoms with E-state index in [-0.39, 0.29) is 18.9 Å². The van der Waals surface area contributed by atoms with Crippen LogP contribution in [0.1, 0.15) is 31.9 Å². The van der Waals surface area contributed by atoms with Gasteiger partial charge in [0.2, 0.25) is 11.8 Å². The van der Waals surface area contributed by atoms with Gasteiger partial charge in [-0.2, -0.15) is 0 Å². The van der Waals surface area contributed by atoms with Crippen molar-refractivity contribution < 1.29 is 23.9 Å². The highest BCUT2D eigenvalue weighted by Crippen LogP contribution is 2.17. The Hall–Kier alpha value is -3.39. The minimum Gasteiger partial charge on any atom is -0.445 e. The molecule has 0 aromatic heterocycles. The van der Waals surface area contributed by atoms with Crippen molar-refractivity contribution in [1.29, 1.82) is 0 Å². The van der Waals surface area contributed by atoms with Gasteiger partial charge < -0.3 is 25.4 Å². The van der Waals surface area contributed by atoms with E-state index in [0.717, 1.165) is 11.1 Å². The lowest BCUT2D eigenvalue weighted by Gasteiger charge is -2.40. The maximum atomic E-state index is 13.0. The molecule has 3 amide bonds. The summed E-state index contributed by atoms with van der Waals surface area (Å²) >= 11 is 0. The molecule has 1 aliphatic rings. The molecule has 2 aromatic rings. The Bertz CT molecular complexity index is 928. The minimum atomic E-state index is -0.927. The fourth-order valence-electron chi connectivity index (χ4n) is 3.19. The van der Waals surface area contributed by atoms with Crippen molar-refractivity contribution in [3.8, 4) is 0 Å². The van der Waals surface area contributed by atoms with Gasteiger partial charge >= 0.3 is 6.09 Å². The maximum absolute atomic E-state index is 13.0. The average molecular weight is 440 g/mol. The van der Waals surface area contributed by atoms with Gasteiger partial charge in [-0.1, -0.05) is 60.7 Å². The summed E-state index contributed by atoms with van der Waals surface area (Å²) in [6.07, 6.45) is -1.11. The van der Waals surface area contributed by atoms with Crippen LogP contribution in [0, 0.1) is 0 Å². The zero-order valence-corrected chi connectivity index (χ0v) is 18.5. The number of benzene rings is 2. The summed E-state index contributed by atoms with van der Waals surface area (Å²) in [5.41, 5.74) is 1.20. The molecule has 1 heterocycles. The van der Waals surface area contributed by atoms with Crippen LogP contribution in [0.4, 0.5) is 4.79 Å². The van der Waals surface area contributed by atoms with E-state index in [1.165, 1.54) is 0 Å². The second kappa shape index (κ2) is 10.3. The van der Waals surface area contributed by atoms with Gasteiger partial charge in [-0.15, -0.1) is 0 Å². The Balaban J connectivity index is 1.64. The number of β-lactam (4-membered cyclic amide) rings is 1. The van der Waals surface area contributed by atoms with E-state index in [2.05, 4.69) is 16.0 Å². The molecule has 32 heavy (non-hydrogen) atoms. The molecule has 0 radical (unpaired) electrons. The molecule has 1 saturated heterocycles. The van der Waals surface area contributed by atoms with E-state index >= 15 is 0 Å². The van der Waals surface area contributed by atoms with Gasteiger partial charge in [0, 0.05) is 6.42 Å². The topological polar surface area (TPSA) is 106 Å². The number of amides is 3. The van der Waals surface area contributed by atoms with Crippen LogP contribution in [0.25, 0.3) is 0 Å². The Kier molecular flexibility index (Phi) is 7.48. The molecule has 0 bridgehead atoms. The molecule has 2 unspecified atom stereocenters. The summed E-state index contributed by atoms with van der Waals surface area (Å²) in [5, 5.41) is 7.95. The number of nitrogens with one attached hydrogen (secondary N) is 3. The van der Waals surface area contributed by atoms with Crippen molar-refractivity contribution in [3.63, 3.8) is 0 Å². The first-order valence-corrected chi connectivity index (χ1v) is 10.5. The molecule has 170 valence electrons. The maximum Gasteiger partial charge on any atom is 0.408 e. The molecule has 8 nitrogen and oxygen atoms in total. The van der Waals surface area contributed by atoms with Crippen molar-refractivity contribution in [2.24, 2.45) is 0 Å². The molecule has 8 heteroatoms. The number of alkyl carbamates (subject to hydrolysis) is 1. The second-order valence-electron chi connectivity index (χ2n) is 8.59. The second-order valence-corrected chi connectivity index (χ2v) is 8.59. The van der Waals surface area contributed by atoms with E-state index in [0.29, 0.717) is 0 Å². The SMILES string of the molecule is CC(C)(C)OC1NC(=O)C1NC(=O)[C@H](Cc1ccccc1)NC(=O)OCc1ccccc1. The molecule has 1 fully saturated rings. The van der Waals surface area contributed by atoms with Gasteiger partial charge in [-0.3, -0.25) is 9.59 Å². The first-order chi connectivity index (χ1) is 15.2. The fraction of sp³-hybridized carbons (Fsp3) is 0.375. The molecule has 0 spiro atoms. The molecule has 1 aliphatic heterocycles. The first-order valence-electron chi connectivity index (χ1n) is 10.5. The third kappa shape index (κ3) is 6.81. The average Bonchev–Trinajstić information content (AvgIpc) is 2.76. The Labute approximate surface area is 187 Å². The van der Waals surface area contributed by atoms with E-state index in [4.69, 9.17) is 9.47 Å². The van der Waals surface area contributed by atoms with Crippen LogP contribution >= 0.6 is 0 Å². The van der Waals surface area contributed by atoms with Crippen LogP contribution in [0.3, 0.4) is 0 Å². The summed E-state index contributed by atoms with van der Waals surface area (Å²) in [6.45, 7) is 5.66. The predicted molar refractivity (Wildman–Crippen MR) is 118 cm³/mol. The quantitative estimate of drug-likeness (QED) is 0.547. The predicted octanol–water partition coefficient (Wildman–Crippen LogP) is 2.28. The van der Waals surface area contributed by atoms with Crippen LogP contribution in [0.5, 0.6) is 0 Å². The smallest absolute Gasteiger partial charge is 0.408 e. The summed E-state index contributed by atoms with van der Waals surface area (Å²) < 4.78 is 11.0. The zero-order valence-electron chi connectivity index (χ0n) is 18.5. The van der Waals surface area contributed by atoms with E-state index in [1.54, 1.807) is 0 Å². The standard InChI is InChI=1S/C24H29N3O5/c1-24(2,3)32-22-19(21(29)27-22)26-20(28)18(14-16-10-6-4-7-11-16)25-23(30)31-15-17-12-8-5-9-13-17/h4-13,18-19,22H,14-15H2,1-3H3,(H,25,30)(H,26,28)(H,27,29)/t18-,19?,22?/m0/s1. The highest BCUT2D eigenvalue weighted by Gasteiger charge is 2.44. The molecular formula is C24H29N3O5. The molecular weight excluding hydrogens is 410 g/mol. The monoisotopic (exact) mass is 439 g/mol. The molecule has 3 rings (SSSR count). The number of hydrogen-bond donors (Lipinski definition) is 3. The van der Waals surface area contributed by atoms with Crippen LogP contribution < -0.4 is 16.0 Å². The number of carbonyl (C=O) groups excluding carboxylic acids is 3. The minimum absolute atomic E-state index is 0.0822. The van der Waals surface area contributed by atoms with Crippen molar-refractivity contribution in [1.82, 2.24) is 16.0 Å². The third-order valence-electron chi connectivity index (χ3n) is 4.75. The normalized spacial score (nSPS) is 18.7. The highest BCUT2D eigenvalue weighted by molar-refractivity contribution is 5.95. The highest BCUT2D eigenvalue weighted by atomic mass is 16.5. The lowest BCUT2D eigenvalue weighted by Crippen LogP contribution is -2.72. The number of hydrogen-bond acceptors (Lipinski definition) is 5. The van der Waals surface area contributed by atoms with Gasteiger partial charge in [-0.25, -0.2) is 4.79 Å². The van der Waals surface area contributed by atoms with Crippen molar-refractivity contribution in [3.05, 3.63) is 71.8 Å². The van der Waals surface area contributed by atoms with Gasteiger partial charge in [0.1, 0.15) is 12.6 Å². The van der Waals surface area contributed by atoms with Crippen molar-refractivity contribution in [2.45, 2.75) is 57.7 Å². The lowest BCUT2D eigenvalue weighted by molar-refractivity contribution is -0.164. The van der Waals surface area contributed by atoms with Crippen LogP contribution in [0.2, 0.25) is 0 Å². The molecule has 3 N–H and O–H groups in total. The fourth-order valence-corrected chi connectivity index (χ4v) is 3.19. The van der Waals surface area contributed by atoms with Crippen molar-refractivity contribution >= 4 is 17.9 Å². The lowest BCUT2D eigenvalue weighted by atomic mass is 10.0. The molecule has 2 aromatic carbocycles. The number of ether oxygens (including phenoxy) is 2. The van der Waals surface area contributed by atoms with Gasteiger partial charge in [0.15, 0.2) is 12.3 Å². The molecule has 0 aliphatic carbocycles. The Morgan fingerprint density at radius 3 is 2.16 bits per heavy atom. The van der Waals surface area contributed by atoms with E-state index in [1.807, 2.05) is 81.4 Å². The van der Waals surface area contributed by atoms with Gasteiger partial charge in [0.05, 0.1) is 5.60 Å². The van der Waals surface area contributed by atoms with E-state index in [9.17, 15) is 14.4 Å². The number of carbonyl (C=O) groups is 3. The summed E-state index contributed by atoms with van der Waals surface area (Å²) in [5.74, 6) is -0.828. The molecule has 0 saturated carbocycles. The molecule has 3 atom stereocenters. The largest absolute Gasteiger partial charge is 0.445 e. The third-order valence-corrected chi connectivity index (χ3v) is 4.75. The zero-order chi connectivity index (χ0) is 23.1. The Morgan fingerprint density at radius 2 is 1.59 bits per heavy atom. The first kappa shape index (κ1) is 23.3. The van der Waals surface area contributed by atoms with Crippen LogP contribution in [0.15, 0.2) is 60.7 Å². The van der Waals surface area contributed by atoms with Crippen molar-refractivity contribution in [2.75, 3.05) is 0 Å². The Morgan fingerprint density at radius 1 is 1.00 bits per heavy atom. The van der Waals surface area contributed by atoms with E-state index < -0.39 is 35.9 Å². The summed E-state index contributed by atoms with van der Waals surface area (Å²) in [7, 11) is 0. The number of rotatable bonds is 8.